The predicted octanol–water partition coefficient (Wildman–Crippen LogP) is 3.80. The van der Waals surface area contributed by atoms with Gasteiger partial charge in [-0.2, -0.15) is 0 Å². The number of nitrogens with one attached hydrogen (secondary N) is 1. The molecule has 0 aromatic carbocycles. The van der Waals surface area contributed by atoms with Gasteiger partial charge in [-0.25, -0.2) is 4.98 Å². The van der Waals surface area contributed by atoms with Crippen LogP contribution in [0.4, 0.5) is 0 Å². The molecule has 0 saturated heterocycles. The van der Waals surface area contributed by atoms with E-state index in [2.05, 4.69) is 30.3 Å². The maximum absolute atomic E-state index is 4.39. The van der Waals surface area contributed by atoms with Gasteiger partial charge in [-0.1, -0.05) is 32.6 Å². The van der Waals surface area contributed by atoms with Crippen LogP contribution < -0.4 is 5.32 Å². The zero-order valence-corrected chi connectivity index (χ0v) is 12.6. The second-order valence-corrected chi connectivity index (χ2v) is 6.88. The molecule has 0 radical (unpaired) electrons. The molecule has 18 heavy (non-hydrogen) atoms. The summed E-state index contributed by atoms with van der Waals surface area (Å²) < 4.78 is 0. The standard InChI is InChI=1S/C15H26N2S/c1-3-8-16-10-14(13-6-4-5-7-13)9-15-11-17-12(2)18-15/h11,13-14,16H,3-10H2,1-2H3. The molecule has 0 amide bonds. The number of thiazole rings is 1. The largest absolute Gasteiger partial charge is 0.316 e. The molecule has 2 rings (SSSR count). The monoisotopic (exact) mass is 266 g/mol. The lowest BCUT2D eigenvalue weighted by atomic mass is 9.87. The highest BCUT2D eigenvalue weighted by Crippen LogP contribution is 2.33. The average Bonchev–Trinajstić information content (AvgIpc) is 2.99. The Hall–Kier alpha value is -0.410. The van der Waals surface area contributed by atoms with Crippen molar-refractivity contribution in [3.05, 3.63) is 16.1 Å². The number of aromatic nitrogens is 1. The molecule has 1 N–H and O–H groups in total. The Morgan fingerprint density at radius 2 is 2.22 bits per heavy atom. The molecule has 0 aliphatic heterocycles. The Morgan fingerprint density at radius 3 is 2.83 bits per heavy atom. The summed E-state index contributed by atoms with van der Waals surface area (Å²) in [4.78, 5) is 5.87. The first kappa shape index (κ1) is 14.0. The van der Waals surface area contributed by atoms with Gasteiger partial charge in [0.05, 0.1) is 5.01 Å². The normalized spacial score (nSPS) is 18.3. The van der Waals surface area contributed by atoms with Crippen LogP contribution in [0.15, 0.2) is 6.20 Å². The summed E-state index contributed by atoms with van der Waals surface area (Å²) in [7, 11) is 0. The number of hydrogen-bond acceptors (Lipinski definition) is 3. The van der Waals surface area contributed by atoms with Gasteiger partial charge in [-0.05, 0) is 44.7 Å². The molecule has 0 bridgehead atoms. The summed E-state index contributed by atoms with van der Waals surface area (Å²) in [6.45, 7) is 6.69. The first-order valence-electron chi connectivity index (χ1n) is 7.41. The van der Waals surface area contributed by atoms with E-state index in [1.807, 2.05) is 11.3 Å². The second-order valence-electron chi connectivity index (χ2n) is 5.56. The van der Waals surface area contributed by atoms with E-state index in [1.165, 1.54) is 55.0 Å². The molecule has 102 valence electrons. The molecule has 1 heterocycles. The van der Waals surface area contributed by atoms with Crippen LogP contribution >= 0.6 is 11.3 Å². The third-order valence-electron chi connectivity index (χ3n) is 4.03. The van der Waals surface area contributed by atoms with Gasteiger partial charge in [0.1, 0.15) is 0 Å². The van der Waals surface area contributed by atoms with Crippen molar-refractivity contribution < 1.29 is 0 Å². The van der Waals surface area contributed by atoms with Crippen molar-refractivity contribution in [2.75, 3.05) is 13.1 Å². The van der Waals surface area contributed by atoms with Crippen LogP contribution in [0.25, 0.3) is 0 Å². The molecule has 1 aliphatic carbocycles. The van der Waals surface area contributed by atoms with E-state index in [1.54, 1.807) is 0 Å². The number of hydrogen-bond donors (Lipinski definition) is 1. The van der Waals surface area contributed by atoms with E-state index >= 15 is 0 Å². The molecular weight excluding hydrogens is 240 g/mol. The summed E-state index contributed by atoms with van der Waals surface area (Å²) in [5, 5.41) is 4.83. The summed E-state index contributed by atoms with van der Waals surface area (Å²) in [6, 6.07) is 0. The molecule has 1 aromatic rings. The summed E-state index contributed by atoms with van der Waals surface area (Å²) >= 11 is 1.88. The van der Waals surface area contributed by atoms with E-state index in [0.29, 0.717) is 0 Å². The number of nitrogens with zero attached hydrogens (tertiary/aromatic N) is 1. The zero-order chi connectivity index (χ0) is 12.8. The smallest absolute Gasteiger partial charge is 0.0896 e. The Morgan fingerprint density at radius 1 is 1.44 bits per heavy atom. The quantitative estimate of drug-likeness (QED) is 0.759. The predicted molar refractivity (Wildman–Crippen MR) is 79.2 cm³/mol. The highest BCUT2D eigenvalue weighted by Gasteiger charge is 2.25. The van der Waals surface area contributed by atoms with Crippen molar-refractivity contribution in [3.63, 3.8) is 0 Å². The molecule has 2 nitrogen and oxygen atoms in total. The molecule has 1 aromatic heterocycles. The van der Waals surface area contributed by atoms with Crippen molar-refractivity contribution in [3.8, 4) is 0 Å². The molecule has 1 atom stereocenters. The highest BCUT2D eigenvalue weighted by atomic mass is 32.1. The van der Waals surface area contributed by atoms with Gasteiger partial charge in [-0.15, -0.1) is 11.3 Å². The van der Waals surface area contributed by atoms with Gasteiger partial charge in [-0.3, -0.25) is 0 Å². The zero-order valence-electron chi connectivity index (χ0n) is 11.7. The van der Waals surface area contributed by atoms with Crippen molar-refractivity contribution in [1.82, 2.24) is 10.3 Å². The molecule has 0 spiro atoms. The molecule has 1 aliphatic rings. The van der Waals surface area contributed by atoms with Crippen LogP contribution in [0.2, 0.25) is 0 Å². The van der Waals surface area contributed by atoms with E-state index in [0.717, 1.165) is 18.4 Å². The lowest BCUT2D eigenvalue weighted by molar-refractivity contribution is 0.323. The van der Waals surface area contributed by atoms with E-state index < -0.39 is 0 Å². The first-order chi connectivity index (χ1) is 8.79. The molecular formula is C15H26N2S. The fourth-order valence-corrected chi connectivity index (χ4v) is 3.94. The lowest BCUT2D eigenvalue weighted by Crippen LogP contribution is -2.29. The summed E-state index contributed by atoms with van der Waals surface area (Å²) in [6.07, 6.45) is 10.3. The minimum Gasteiger partial charge on any atom is -0.316 e. The fourth-order valence-electron chi connectivity index (χ4n) is 3.06. The van der Waals surface area contributed by atoms with Gasteiger partial charge in [0.2, 0.25) is 0 Å². The lowest BCUT2D eigenvalue weighted by Gasteiger charge is -2.23. The topological polar surface area (TPSA) is 24.9 Å². The average molecular weight is 266 g/mol. The molecule has 3 heteroatoms. The van der Waals surface area contributed by atoms with Gasteiger partial charge < -0.3 is 5.32 Å². The summed E-state index contributed by atoms with van der Waals surface area (Å²) in [5.41, 5.74) is 0. The highest BCUT2D eigenvalue weighted by molar-refractivity contribution is 7.11. The van der Waals surface area contributed by atoms with Gasteiger partial charge in [0.25, 0.3) is 0 Å². The Bertz CT molecular complexity index is 342. The van der Waals surface area contributed by atoms with Crippen LogP contribution in [0.3, 0.4) is 0 Å². The molecule has 1 saturated carbocycles. The summed E-state index contributed by atoms with van der Waals surface area (Å²) in [5.74, 6) is 1.76. The first-order valence-corrected chi connectivity index (χ1v) is 8.23. The third kappa shape index (κ3) is 4.06. The Labute approximate surface area is 115 Å². The van der Waals surface area contributed by atoms with Crippen LogP contribution in [-0.4, -0.2) is 18.1 Å². The Balaban J connectivity index is 1.90. The maximum Gasteiger partial charge on any atom is 0.0896 e. The molecule has 1 unspecified atom stereocenters. The van der Waals surface area contributed by atoms with Crippen LogP contribution in [0.5, 0.6) is 0 Å². The van der Waals surface area contributed by atoms with Gasteiger partial charge >= 0.3 is 0 Å². The maximum atomic E-state index is 4.39. The molecule has 1 fully saturated rings. The van der Waals surface area contributed by atoms with Crippen LogP contribution in [0.1, 0.15) is 48.9 Å². The van der Waals surface area contributed by atoms with Gasteiger partial charge in [0, 0.05) is 11.1 Å². The van der Waals surface area contributed by atoms with Crippen LogP contribution in [0, 0.1) is 18.8 Å². The van der Waals surface area contributed by atoms with Gasteiger partial charge in [0.15, 0.2) is 0 Å². The van der Waals surface area contributed by atoms with Crippen molar-refractivity contribution in [2.24, 2.45) is 11.8 Å². The minimum atomic E-state index is 0.818. The van der Waals surface area contributed by atoms with E-state index in [4.69, 9.17) is 0 Å². The van der Waals surface area contributed by atoms with E-state index in [-0.39, 0.29) is 0 Å². The minimum absolute atomic E-state index is 0.818. The van der Waals surface area contributed by atoms with E-state index in [9.17, 15) is 0 Å². The van der Waals surface area contributed by atoms with Crippen molar-refractivity contribution >= 4 is 11.3 Å². The van der Waals surface area contributed by atoms with Crippen molar-refractivity contribution in [2.45, 2.75) is 52.4 Å². The third-order valence-corrected chi connectivity index (χ3v) is 4.97. The Kier molecular flexibility index (Phi) is 5.64. The van der Waals surface area contributed by atoms with Crippen molar-refractivity contribution in [1.29, 1.82) is 0 Å². The number of aryl methyl sites for hydroxylation is 1. The SMILES string of the molecule is CCCNCC(Cc1cnc(C)s1)C1CCCC1. The van der Waals surface area contributed by atoms with Crippen LogP contribution in [-0.2, 0) is 6.42 Å². The number of rotatable bonds is 7. The second kappa shape index (κ2) is 7.25. The fraction of sp³-hybridized carbons (Fsp3) is 0.800.